The molecule has 1 aliphatic heterocycles. The number of ether oxygens (including phenoxy) is 3. The summed E-state index contributed by atoms with van der Waals surface area (Å²) in [7, 11) is 0. The lowest BCUT2D eigenvalue weighted by Crippen LogP contribution is -2.58. The Morgan fingerprint density at radius 1 is 0.500 bits per heavy atom. The molecule has 0 unspecified atom stereocenters. The molecule has 0 aromatic heterocycles. The molecule has 0 fully saturated rings. The van der Waals surface area contributed by atoms with Gasteiger partial charge in [0.2, 0.25) is 0 Å². The molecule has 0 aliphatic carbocycles. The monoisotopic (exact) mass is 874 g/mol. The molecule has 64 heavy (non-hydrogen) atoms. The van der Waals surface area contributed by atoms with Gasteiger partial charge >= 0.3 is 11.8 Å². The summed E-state index contributed by atoms with van der Waals surface area (Å²) in [5.41, 5.74) is 2.26. The molecule has 0 amide bonds. The average Bonchev–Trinajstić information content (AvgIpc) is 3.45. The molecule has 1 heterocycles. The van der Waals surface area contributed by atoms with Crippen molar-refractivity contribution < 1.29 is 29.0 Å². The predicted octanol–water partition coefficient (Wildman–Crippen LogP) is 14.9. The molecule has 0 saturated carbocycles. The maximum Gasteiger partial charge on any atom is 0.338 e. The highest BCUT2D eigenvalue weighted by Crippen LogP contribution is 2.39. The first-order valence-electron chi connectivity index (χ1n) is 24.7. The SMILES string of the molecule is CCCCCCCCCCCCOc1ccc(-c2ccc(C(=O)OC[C@]3(C)[N+]([O-])=C(c4ccc(-c5ccc(OCCCCCCCCCCCC)cc5)cc4)N([O])C3(C)C)cc2)cc1. The zero-order valence-electron chi connectivity index (χ0n) is 39.8. The summed E-state index contributed by atoms with van der Waals surface area (Å²) in [5, 5.41) is 28.6. The zero-order chi connectivity index (χ0) is 45.6. The number of amidine groups is 1. The van der Waals surface area contributed by atoms with Gasteiger partial charge in [0.1, 0.15) is 18.1 Å². The summed E-state index contributed by atoms with van der Waals surface area (Å²) in [6.07, 6.45) is 25.9. The van der Waals surface area contributed by atoms with Crippen molar-refractivity contribution in [3.8, 4) is 33.8 Å². The van der Waals surface area contributed by atoms with Crippen LogP contribution in [0.15, 0.2) is 97.1 Å². The van der Waals surface area contributed by atoms with Crippen LogP contribution in [0, 0.1) is 5.21 Å². The predicted molar refractivity (Wildman–Crippen MR) is 261 cm³/mol. The molecule has 1 radical (unpaired) electrons. The van der Waals surface area contributed by atoms with Crippen molar-refractivity contribution in [2.24, 2.45) is 0 Å². The Labute approximate surface area is 385 Å². The number of carbonyl (C=O) groups is 1. The number of rotatable bonds is 30. The number of carbonyl (C=O) groups excluding carboxylic acids is 1. The molecule has 0 bridgehead atoms. The van der Waals surface area contributed by atoms with Crippen LogP contribution in [0.2, 0.25) is 0 Å². The van der Waals surface area contributed by atoms with E-state index in [0.717, 1.165) is 63.0 Å². The third kappa shape index (κ3) is 14.3. The first-order valence-corrected chi connectivity index (χ1v) is 24.7. The Morgan fingerprint density at radius 3 is 1.22 bits per heavy atom. The molecule has 8 heteroatoms. The highest BCUT2D eigenvalue weighted by Gasteiger charge is 2.63. The van der Waals surface area contributed by atoms with Gasteiger partial charge < -0.3 is 19.4 Å². The number of esters is 1. The van der Waals surface area contributed by atoms with Gasteiger partial charge in [-0.1, -0.05) is 183 Å². The first-order chi connectivity index (χ1) is 31.1. The van der Waals surface area contributed by atoms with E-state index in [-0.39, 0.29) is 12.4 Å². The van der Waals surface area contributed by atoms with Crippen molar-refractivity contribution in [1.82, 2.24) is 5.06 Å². The fraction of sp³-hybridized carbons (Fsp3) is 0.536. The molecule has 0 spiro atoms. The van der Waals surface area contributed by atoms with E-state index >= 15 is 0 Å². The lowest BCUT2D eigenvalue weighted by molar-refractivity contribution is -0.548. The summed E-state index contributed by atoms with van der Waals surface area (Å²) >= 11 is 0. The number of hydroxylamine groups is 3. The highest BCUT2D eigenvalue weighted by molar-refractivity contribution is 5.96. The standard InChI is InChI=1S/C56H77N2O6/c1-6-8-10-12-14-16-18-20-22-24-42-62-51-38-34-47(35-39-51)45-26-30-49(31-27-45)53-57(60)55(3,4)56(5,58(53)61)44-64-54(59)50-32-28-46(29-33-50)48-36-40-52(41-37-48)63-43-25-23-21-19-17-15-13-11-9-7-2/h26-41H,6-25,42-44H2,1-5H3/t56-/m0/s1. The Morgan fingerprint density at radius 2 is 0.828 bits per heavy atom. The van der Waals surface area contributed by atoms with E-state index in [4.69, 9.17) is 14.2 Å². The normalized spacial score (nSPS) is 15.8. The zero-order valence-corrected chi connectivity index (χ0v) is 39.8. The van der Waals surface area contributed by atoms with Gasteiger partial charge in [-0.25, -0.2) is 4.79 Å². The third-order valence-corrected chi connectivity index (χ3v) is 13.3. The van der Waals surface area contributed by atoms with E-state index in [9.17, 15) is 15.2 Å². The van der Waals surface area contributed by atoms with Gasteiger partial charge in [0, 0.05) is 5.21 Å². The number of hydrogen-bond donors (Lipinski definition) is 0. The minimum absolute atomic E-state index is 0.00889. The van der Waals surface area contributed by atoms with Crippen molar-refractivity contribution >= 4 is 11.8 Å². The van der Waals surface area contributed by atoms with Gasteiger partial charge in [-0.15, -0.1) is 0 Å². The average molecular weight is 874 g/mol. The Balaban J connectivity index is 1.06. The van der Waals surface area contributed by atoms with Crippen LogP contribution in [-0.2, 0) is 9.94 Å². The van der Waals surface area contributed by atoms with Crippen LogP contribution < -0.4 is 9.47 Å². The van der Waals surface area contributed by atoms with E-state index in [1.165, 1.54) is 116 Å². The fourth-order valence-electron chi connectivity index (χ4n) is 8.46. The van der Waals surface area contributed by atoms with Gasteiger partial charge in [0.25, 0.3) is 0 Å². The largest absolute Gasteiger partial charge is 0.714 e. The van der Waals surface area contributed by atoms with Gasteiger partial charge in [-0.3, -0.25) is 4.74 Å². The molecule has 0 N–H and O–H groups in total. The maximum atomic E-state index is 14.0. The molecule has 5 rings (SSSR count). The van der Waals surface area contributed by atoms with Crippen molar-refractivity contribution in [3.63, 3.8) is 0 Å². The summed E-state index contributed by atoms with van der Waals surface area (Å²) in [4.78, 5) is 13.3. The third-order valence-electron chi connectivity index (χ3n) is 13.3. The lowest BCUT2D eigenvalue weighted by atomic mass is 9.83. The van der Waals surface area contributed by atoms with E-state index in [2.05, 4.69) is 13.8 Å². The van der Waals surface area contributed by atoms with E-state index < -0.39 is 17.0 Å². The summed E-state index contributed by atoms with van der Waals surface area (Å²) < 4.78 is 18.5. The number of hydrogen-bond acceptors (Lipinski definition) is 6. The van der Waals surface area contributed by atoms with Gasteiger partial charge in [-0.2, -0.15) is 0 Å². The van der Waals surface area contributed by atoms with Crippen LogP contribution in [-0.4, -0.2) is 52.5 Å². The minimum atomic E-state index is -1.35. The summed E-state index contributed by atoms with van der Waals surface area (Å²) in [6, 6.07) is 30.7. The second-order valence-electron chi connectivity index (χ2n) is 18.6. The molecule has 0 saturated heterocycles. The quantitative estimate of drug-likeness (QED) is 0.0224. The Kier molecular flexibility index (Phi) is 20.6. The van der Waals surface area contributed by atoms with Crippen LogP contribution in [0.25, 0.3) is 22.3 Å². The molecule has 1 aliphatic rings. The van der Waals surface area contributed by atoms with Crippen LogP contribution >= 0.6 is 0 Å². The molecule has 1 atom stereocenters. The molecule has 4 aromatic rings. The van der Waals surface area contributed by atoms with Crippen LogP contribution in [0.1, 0.15) is 179 Å². The van der Waals surface area contributed by atoms with Crippen molar-refractivity contribution in [1.29, 1.82) is 0 Å². The van der Waals surface area contributed by atoms with E-state index in [1.54, 1.807) is 45.0 Å². The van der Waals surface area contributed by atoms with Crippen LogP contribution in [0.4, 0.5) is 0 Å². The van der Waals surface area contributed by atoms with E-state index in [0.29, 0.717) is 17.7 Å². The molecule has 8 nitrogen and oxygen atoms in total. The summed E-state index contributed by atoms with van der Waals surface area (Å²) in [6.45, 7) is 10.8. The number of unbranched alkanes of at least 4 members (excludes halogenated alkanes) is 18. The second kappa shape index (κ2) is 26.2. The Bertz CT molecular complexity index is 1970. The second-order valence-corrected chi connectivity index (χ2v) is 18.6. The lowest BCUT2D eigenvalue weighted by Gasteiger charge is -2.35. The van der Waals surface area contributed by atoms with E-state index in [1.807, 2.05) is 72.8 Å². The molecular formula is C56H77N2O6. The number of benzene rings is 4. The fourth-order valence-corrected chi connectivity index (χ4v) is 8.46. The molecule has 347 valence electrons. The maximum absolute atomic E-state index is 14.0. The highest BCUT2D eigenvalue weighted by atomic mass is 16.6. The van der Waals surface area contributed by atoms with Gasteiger partial charge in [-0.05, 0) is 104 Å². The van der Waals surface area contributed by atoms with Gasteiger partial charge in [0.15, 0.2) is 11.1 Å². The van der Waals surface area contributed by atoms with Crippen LogP contribution in [0.5, 0.6) is 11.5 Å². The minimum Gasteiger partial charge on any atom is -0.714 e. The smallest absolute Gasteiger partial charge is 0.338 e. The van der Waals surface area contributed by atoms with Crippen molar-refractivity contribution in [2.75, 3.05) is 19.8 Å². The van der Waals surface area contributed by atoms with Gasteiger partial charge in [0.05, 0.1) is 24.3 Å². The Hall–Kier alpha value is -4.82. The van der Waals surface area contributed by atoms with Crippen LogP contribution in [0.3, 0.4) is 0 Å². The molecule has 4 aromatic carbocycles. The topological polar surface area (TPSA) is 94.0 Å². The summed E-state index contributed by atoms with van der Waals surface area (Å²) in [5.74, 6) is 1.14. The number of nitrogens with zero attached hydrogens (tertiary/aromatic N) is 2. The van der Waals surface area contributed by atoms with Crippen molar-refractivity contribution in [2.45, 2.75) is 174 Å². The first kappa shape index (κ1) is 50.2. The molecular weight excluding hydrogens is 797 g/mol. The van der Waals surface area contributed by atoms with Crippen molar-refractivity contribution in [3.05, 3.63) is 113 Å².